The average Bonchev–Trinajstić information content (AvgIpc) is 3.10. The number of pyridine rings is 1. The third-order valence-electron chi connectivity index (χ3n) is 5.83. The van der Waals surface area contributed by atoms with E-state index < -0.39 is 0 Å². The molecule has 0 spiro atoms. The molecule has 5 rings (SSSR count). The summed E-state index contributed by atoms with van der Waals surface area (Å²) in [6.07, 6.45) is 0. The third kappa shape index (κ3) is 2.94. The molecule has 0 saturated carbocycles. The van der Waals surface area contributed by atoms with Crippen LogP contribution in [0.15, 0.2) is 47.3 Å². The van der Waals surface area contributed by atoms with Crippen LogP contribution in [0.5, 0.6) is 0 Å². The van der Waals surface area contributed by atoms with E-state index in [1.807, 2.05) is 30.3 Å². The highest BCUT2D eigenvalue weighted by atomic mass is 16.1. The van der Waals surface area contributed by atoms with Gasteiger partial charge in [0.15, 0.2) is 0 Å². The zero-order chi connectivity index (χ0) is 20.1. The van der Waals surface area contributed by atoms with Gasteiger partial charge in [-0.25, -0.2) is 4.98 Å². The molecular formula is C22H24N6O. The Morgan fingerprint density at radius 1 is 1.10 bits per heavy atom. The van der Waals surface area contributed by atoms with Crippen LogP contribution in [0.2, 0.25) is 0 Å². The number of benzene rings is 2. The van der Waals surface area contributed by atoms with Crippen LogP contribution in [0.4, 0.5) is 11.4 Å². The van der Waals surface area contributed by atoms with Crippen molar-refractivity contribution < 1.29 is 0 Å². The first-order chi connectivity index (χ1) is 14.0. The van der Waals surface area contributed by atoms with Crippen molar-refractivity contribution in [2.45, 2.75) is 13.0 Å². The van der Waals surface area contributed by atoms with Crippen LogP contribution in [0.1, 0.15) is 6.92 Å². The van der Waals surface area contributed by atoms with Crippen LogP contribution in [0.3, 0.4) is 0 Å². The SMILES string of the molecule is CC1CN(C)CCN1c1ccc2nc(-c3c(N)c4ccccc4[nH]c3=O)[nH]c2c1. The number of fused-ring (bicyclic) bond motifs is 2. The van der Waals surface area contributed by atoms with E-state index in [1.54, 1.807) is 0 Å². The molecule has 7 heteroatoms. The van der Waals surface area contributed by atoms with E-state index in [4.69, 9.17) is 5.73 Å². The van der Waals surface area contributed by atoms with Crippen LogP contribution in [0, 0.1) is 0 Å². The molecule has 0 aliphatic carbocycles. The molecule has 148 valence electrons. The first-order valence-electron chi connectivity index (χ1n) is 9.87. The lowest BCUT2D eigenvalue weighted by Crippen LogP contribution is -2.50. The summed E-state index contributed by atoms with van der Waals surface area (Å²) >= 11 is 0. The number of rotatable bonds is 2. The van der Waals surface area contributed by atoms with Gasteiger partial charge in [0.25, 0.3) is 5.56 Å². The summed E-state index contributed by atoms with van der Waals surface area (Å²) in [5, 5.41) is 0.814. The minimum Gasteiger partial charge on any atom is -0.397 e. The van der Waals surface area contributed by atoms with Gasteiger partial charge >= 0.3 is 0 Å². The fourth-order valence-corrected chi connectivity index (χ4v) is 4.32. The number of nitrogens with zero attached hydrogens (tertiary/aromatic N) is 3. The number of hydrogen-bond acceptors (Lipinski definition) is 5. The van der Waals surface area contributed by atoms with Crippen LogP contribution >= 0.6 is 0 Å². The van der Waals surface area contributed by atoms with Crippen LogP contribution in [0.25, 0.3) is 33.3 Å². The molecule has 0 bridgehead atoms. The quantitative estimate of drug-likeness (QED) is 0.491. The van der Waals surface area contributed by atoms with Crippen LogP contribution in [-0.4, -0.2) is 52.6 Å². The lowest BCUT2D eigenvalue weighted by Gasteiger charge is -2.39. The van der Waals surface area contributed by atoms with Crippen molar-refractivity contribution in [2.24, 2.45) is 0 Å². The number of para-hydroxylation sites is 1. The van der Waals surface area contributed by atoms with Gasteiger partial charge in [-0.05, 0) is 38.2 Å². The molecular weight excluding hydrogens is 364 g/mol. The topological polar surface area (TPSA) is 94.0 Å². The molecule has 2 aromatic heterocycles. The summed E-state index contributed by atoms with van der Waals surface area (Å²) in [7, 11) is 2.16. The smallest absolute Gasteiger partial charge is 0.261 e. The van der Waals surface area contributed by atoms with E-state index in [-0.39, 0.29) is 5.56 Å². The Labute approximate surface area is 168 Å². The molecule has 1 saturated heterocycles. The maximum atomic E-state index is 12.7. The third-order valence-corrected chi connectivity index (χ3v) is 5.83. The predicted octanol–water partition coefficient (Wildman–Crippen LogP) is 2.79. The van der Waals surface area contributed by atoms with Crippen LogP contribution in [-0.2, 0) is 0 Å². The summed E-state index contributed by atoms with van der Waals surface area (Å²) in [6.45, 7) is 5.31. The number of aromatic amines is 2. The summed E-state index contributed by atoms with van der Waals surface area (Å²) in [6, 6.07) is 14.2. The number of likely N-dealkylation sites (N-methyl/N-ethyl adjacent to an activating group) is 1. The van der Waals surface area contributed by atoms with Gasteiger partial charge in [0, 0.05) is 36.7 Å². The highest BCUT2D eigenvalue weighted by molar-refractivity contribution is 5.97. The molecule has 0 amide bonds. The van der Waals surface area contributed by atoms with Gasteiger partial charge in [-0.3, -0.25) is 4.79 Å². The predicted molar refractivity (Wildman–Crippen MR) is 118 cm³/mol. The second kappa shape index (κ2) is 6.63. The Morgan fingerprint density at radius 2 is 1.93 bits per heavy atom. The van der Waals surface area contributed by atoms with E-state index in [9.17, 15) is 4.79 Å². The molecule has 1 fully saturated rings. The minimum absolute atomic E-state index is 0.242. The molecule has 1 unspecified atom stereocenters. The van der Waals surface area contributed by atoms with E-state index in [2.05, 4.69) is 50.9 Å². The number of nitrogens with one attached hydrogen (secondary N) is 2. The van der Waals surface area contributed by atoms with Gasteiger partial charge in [-0.15, -0.1) is 0 Å². The first-order valence-corrected chi connectivity index (χ1v) is 9.87. The number of nitrogen functional groups attached to an aromatic ring is 1. The zero-order valence-corrected chi connectivity index (χ0v) is 16.6. The Morgan fingerprint density at radius 3 is 2.76 bits per heavy atom. The summed E-state index contributed by atoms with van der Waals surface area (Å²) in [4.78, 5) is 28.3. The number of H-pyrrole nitrogens is 2. The van der Waals surface area contributed by atoms with Gasteiger partial charge in [-0.2, -0.15) is 0 Å². The van der Waals surface area contributed by atoms with Gasteiger partial charge in [0.1, 0.15) is 11.4 Å². The number of hydrogen-bond donors (Lipinski definition) is 3. The highest BCUT2D eigenvalue weighted by Gasteiger charge is 2.22. The van der Waals surface area contributed by atoms with Gasteiger partial charge < -0.3 is 25.5 Å². The maximum absolute atomic E-state index is 12.7. The standard InChI is InChI=1S/C22H24N6O/c1-13-12-27(2)9-10-28(13)14-7-8-17-18(11-14)25-21(24-17)19-20(23)15-5-3-4-6-16(15)26-22(19)29/h3-8,11,13H,9-10,12H2,1-2H3,(H,24,25)(H3,23,26,29). The summed E-state index contributed by atoms with van der Waals surface area (Å²) in [5.74, 6) is 0.494. The fourth-order valence-electron chi connectivity index (χ4n) is 4.32. The lowest BCUT2D eigenvalue weighted by atomic mass is 10.1. The Balaban J connectivity index is 1.59. The molecule has 0 radical (unpaired) electrons. The van der Waals surface area contributed by atoms with Crippen molar-refractivity contribution in [1.82, 2.24) is 19.9 Å². The van der Waals surface area contributed by atoms with E-state index in [1.165, 1.54) is 0 Å². The minimum atomic E-state index is -0.242. The Bertz CT molecular complexity index is 1270. The second-order valence-corrected chi connectivity index (χ2v) is 7.88. The molecule has 1 aliphatic rings. The number of aromatic nitrogens is 3. The molecule has 3 heterocycles. The molecule has 4 aromatic rings. The second-order valence-electron chi connectivity index (χ2n) is 7.88. The number of piperazine rings is 1. The van der Waals surface area contributed by atoms with Crippen molar-refractivity contribution in [3.63, 3.8) is 0 Å². The molecule has 29 heavy (non-hydrogen) atoms. The summed E-state index contributed by atoms with van der Waals surface area (Å²) in [5.41, 5.74) is 10.5. The van der Waals surface area contributed by atoms with Crippen molar-refractivity contribution in [2.75, 3.05) is 37.3 Å². The summed E-state index contributed by atoms with van der Waals surface area (Å²) < 4.78 is 0. The van der Waals surface area contributed by atoms with Gasteiger partial charge in [-0.1, -0.05) is 18.2 Å². The fraction of sp³-hybridized carbons (Fsp3) is 0.273. The van der Waals surface area contributed by atoms with Crippen molar-refractivity contribution in [1.29, 1.82) is 0 Å². The Kier molecular flexibility index (Phi) is 4.06. The molecule has 1 aliphatic heterocycles. The van der Waals surface area contributed by atoms with Crippen molar-refractivity contribution >= 4 is 33.3 Å². The van der Waals surface area contributed by atoms with Crippen molar-refractivity contribution in [3.05, 3.63) is 52.8 Å². The molecule has 2 aromatic carbocycles. The zero-order valence-electron chi connectivity index (χ0n) is 16.6. The Hall–Kier alpha value is -3.32. The highest BCUT2D eigenvalue weighted by Crippen LogP contribution is 2.30. The van der Waals surface area contributed by atoms with Gasteiger partial charge in [0.2, 0.25) is 0 Å². The molecule has 4 N–H and O–H groups in total. The lowest BCUT2D eigenvalue weighted by molar-refractivity contribution is 0.275. The number of nitrogens with two attached hydrogens (primary N) is 1. The largest absolute Gasteiger partial charge is 0.397 e. The van der Waals surface area contributed by atoms with E-state index in [0.29, 0.717) is 23.1 Å². The van der Waals surface area contributed by atoms with Gasteiger partial charge in [0.05, 0.1) is 22.2 Å². The normalized spacial score (nSPS) is 18.0. The maximum Gasteiger partial charge on any atom is 0.261 e. The van der Waals surface area contributed by atoms with E-state index in [0.717, 1.165) is 47.3 Å². The van der Waals surface area contributed by atoms with Crippen LogP contribution < -0.4 is 16.2 Å². The first kappa shape index (κ1) is 17.8. The van der Waals surface area contributed by atoms with Crippen molar-refractivity contribution in [3.8, 4) is 11.4 Å². The number of anilines is 2. The molecule has 1 atom stereocenters. The average molecular weight is 388 g/mol. The monoisotopic (exact) mass is 388 g/mol. The number of imidazole rings is 1. The van der Waals surface area contributed by atoms with E-state index >= 15 is 0 Å². The molecule has 7 nitrogen and oxygen atoms in total.